The van der Waals surface area contributed by atoms with Gasteiger partial charge in [-0.3, -0.25) is 0 Å². The molecule has 12 bridgehead atoms. The van der Waals surface area contributed by atoms with Gasteiger partial charge in [0.25, 0.3) is 0 Å². The van der Waals surface area contributed by atoms with Crippen LogP contribution in [0.1, 0.15) is 28.2 Å². The van der Waals surface area contributed by atoms with E-state index in [0.29, 0.717) is 0 Å². The Morgan fingerprint density at radius 1 is 0.262 bits per heavy atom. The summed E-state index contributed by atoms with van der Waals surface area (Å²) < 4.78 is 0. The highest BCUT2D eigenvalue weighted by molar-refractivity contribution is 5.91. The lowest BCUT2D eigenvalue weighted by Gasteiger charge is -2.17. The first kappa shape index (κ1) is 36.3. The lowest BCUT2D eigenvalue weighted by molar-refractivity contribution is 1.11. The van der Waals surface area contributed by atoms with E-state index in [9.17, 15) is 0 Å². The van der Waals surface area contributed by atoms with Gasteiger partial charge in [0.1, 0.15) is 0 Å². The molecule has 0 saturated heterocycles. The monoisotopic (exact) mass is 774 g/mol. The quantitative estimate of drug-likeness (QED) is 0.167. The Bertz CT molecular complexity index is 3190. The van der Waals surface area contributed by atoms with Crippen molar-refractivity contribution in [3.05, 3.63) is 265 Å². The van der Waals surface area contributed by atoms with Crippen LogP contribution in [0.25, 0.3) is 89.0 Å². The molecule has 0 spiro atoms. The maximum Gasteiger partial charge on any atom is 0.0211 e. The standard InChI is InChI=1S/C61H42/c1-41-56-35-58(50-23-8-17-44(29-50)42-13-4-2-5-14-42)39-60(37-56)52-25-11-20-47(32-52)46-19-10-21-48(31-46)54-27-28-55(34-54)49-22-12-26-53(33-49)61-38-57(41)36-59(40-61)51-24-9-18-45(30-51)43-15-6-3-7-16-43/h2-40,54H,1H2. The fourth-order valence-corrected chi connectivity index (χ4v) is 9.05. The van der Waals surface area contributed by atoms with E-state index in [1.807, 2.05) is 0 Å². The van der Waals surface area contributed by atoms with Crippen LogP contribution in [-0.4, -0.2) is 0 Å². The molecule has 0 aliphatic heterocycles. The highest BCUT2D eigenvalue weighted by Crippen LogP contribution is 2.40. The fraction of sp³-hybridized carbons (Fsp3) is 0.0164. The molecule has 1 unspecified atom stereocenters. The predicted octanol–water partition coefficient (Wildman–Crippen LogP) is 16.5. The van der Waals surface area contributed by atoms with E-state index in [0.717, 1.165) is 39.0 Å². The number of fused-ring (bicyclic) bond motifs is 16. The van der Waals surface area contributed by atoms with Crippen molar-refractivity contribution in [3.8, 4) is 77.9 Å². The second-order valence-corrected chi connectivity index (χ2v) is 16.3. The Kier molecular flexibility index (Phi) is 9.17. The van der Waals surface area contributed by atoms with Crippen LogP contribution in [-0.2, 0) is 0 Å². The van der Waals surface area contributed by atoms with Crippen LogP contribution >= 0.6 is 0 Å². The number of allylic oxidation sites excluding steroid dienone is 4. The van der Waals surface area contributed by atoms with E-state index in [1.54, 1.807) is 0 Å². The van der Waals surface area contributed by atoms with Gasteiger partial charge in [-0.05, 0) is 172 Å². The average molecular weight is 775 g/mol. The largest absolute Gasteiger partial charge is 0.0906 e. The molecule has 1 atom stereocenters. The summed E-state index contributed by atoms with van der Waals surface area (Å²) in [5, 5.41) is 0. The molecular weight excluding hydrogens is 733 g/mol. The minimum atomic E-state index is 0.199. The zero-order valence-electron chi connectivity index (χ0n) is 33.8. The predicted molar refractivity (Wildman–Crippen MR) is 259 cm³/mol. The van der Waals surface area contributed by atoms with E-state index in [1.165, 1.54) is 72.3 Å². The van der Waals surface area contributed by atoms with Gasteiger partial charge in [0.15, 0.2) is 0 Å². The summed E-state index contributed by atoms with van der Waals surface area (Å²) in [6.45, 7) is 4.90. The van der Waals surface area contributed by atoms with Crippen molar-refractivity contribution < 1.29 is 0 Å². The molecule has 0 heteroatoms. The highest BCUT2D eigenvalue weighted by atomic mass is 14.2. The fourth-order valence-electron chi connectivity index (χ4n) is 9.05. The van der Waals surface area contributed by atoms with Crippen molar-refractivity contribution in [2.75, 3.05) is 0 Å². The summed E-state index contributed by atoms with van der Waals surface area (Å²) in [5.74, 6) is 0.199. The van der Waals surface area contributed by atoms with E-state index in [-0.39, 0.29) is 5.92 Å². The molecule has 9 aromatic carbocycles. The Hall–Kier alpha value is -7.80. The Morgan fingerprint density at radius 3 is 1.03 bits per heavy atom. The van der Waals surface area contributed by atoms with Crippen LogP contribution in [0.4, 0.5) is 0 Å². The molecule has 286 valence electrons. The van der Waals surface area contributed by atoms with Crippen LogP contribution in [0.3, 0.4) is 0 Å². The summed E-state index contributed by atoms with van der Waals surface area (Å²) in [5.41, 5.74) is 23.4. The van der Waals surface area contributed by atoms with Crippen LogP contribution in [0.2, 0.25) is 0 Å². The zero-order valence-corrected chi connectivity index (χ0v) is 33.8. The minimum absolute atomic E-state index is 0.199. The second-order valence-electron chi connectivity index (χ2n) is 16.3. The van der Waals surface area contributed by atoms with Gasteiger partial charge < -0.3 is 0 Å². The molecule has 0 heterocycles. The Balaban J connectivity index is 1.14. The van der Waals surface area contributed by atoms with Crippen LogP contribution < -0.4 is 0 Å². The van der Waals surface area contributed by atoms with Gasteiger partial charge in [0.2, 0.25) is 0 Å². The number of benzene rings is 9. The first-order valence-corrected chi connectivity index (χ1v) is 21.1. The molecule has 2 aliphatic carbocycles. The molecule has 9 aromatic rings. The summed E-state index contributed by atoms with van der Waals surface area (Å²) in [7, 11) is 0. The van der Waals surface area contributed by atoms with E-state index < -0.39 is 0 Å². The van der Waals surface area contributed by atoms with Gasteiger partial charge in [-0.25, -0.2) is 0 Å². The summed E-state index contributed by atoms with van der Waals surface area (Å²) in [6, 6.07) is 80.1. The molecule has 0 fully saturated rings. The van der Waals surface area contributed by atoms with Gasteiger partial charge in [-0.1, -0.05) is 183 Å². The molecule has 0 N–H and O–H groups in total. The first-order valence-electron chi connectivity index (χ1n) is 21.1. The topological polar surface area (TPSA) is 0 Å². The van der Waals surface area contributed by atoms with Gasteiger partial charge in [0, 0.05) is 5.92 Å². The zero-order chi connectivity index (χ0) is 40.7. The Morgan fingerprint density at radius 2 is 0.574 bits per heavy atom. The SMILES string of the molecule is C=C1c2cc(cc(-c3cccc(-c4ccccc4)c3)c2)-c2cccc(c2)C2=CC(C=C2)c2cccc(c2)-c2cccc(c2)-c2cc1cc(-c1cccc(-c3ccccc3)c1)c2. The smallest absolute Gasteiger partial charge is 0.0211 e. The number of rotatable bonds is 4. The van der Waals surface area contributed by atoms with Crippen molar-refractivity contribution >= 4 is 11.1 Å². The highest BCUT2D eigenvalue weighted by Gasteiger charge is 2.18. The van der Waals surface area contributed by atoms with Gasteiger partial charge in [-0.15, -0.1) is 0 Å². The molecule has 0 radical (unpaired) electrons. The van der Waals surface area contributed by atoms with Gasteiger partial charge in [0.05, 0.1) is 0 Å². The molecule has 0 aromatic heterocycles. The third kappa shape index (κ3) is 7.20. The van der Waals surface area contributed by atoms with Crippen molar-refractivity contribution in [2.24, 2.45) is 0 Å². The molecule has 0 saturated carbocycles. The van der Waals surface area contributed by atoms with Gasteiger partial charge in [-0.2, -0.15) is 0 Å². The maximum atomic E-state index is 4.90. The maximum absolute atomic E-state index is 4.90. The lowest BCUT2D eigenvalue weighted by atomic mass is 9.87. The molecule has 2 aliphatic rings. The van der Waals surface area contributed by atoms with Crippen LogP contribution in [0.5, 0.6) is 0 Å². The van der Waals surface area contributed by atoms with Crippen LogP contribution in [0.15, 0.2) is 243 Å². The van der Waals surface area contributed by atoms with Gasteiger partial charge >= 0.3 is 0 Å². The molecular formula is C61H42. The summed E-state index contributed by atoms with van der Waals surface area (Å²) >= 11 is 0. The summed E-state index contributed by atoms with van der Waals surface area (Å²) in [4.78, 5) is 0. The van der Waals surface area contributed by atoms with Crippen molar-refractivity contribution in [3.63, 3.8) is 0 Å². The van der Waals surface area contributed by atoms with Crippen molar-refractivity contribution in [2.45, 2.75) is 5.92 Å². The molecule has 61 heavy (non-hydrogen) atoms. The summed E-state index contributed by atoms with van der Waals surface area (Å²) in [6.07, 6.45) is 7.02. The molecule has 0 amide bonds. The average Bonchev–Trinajstić information content (AvgIpc) is 3.85. The first-order chi connectivity index (χ1) is 30.1. The minimum Gasteiger partial charge on any atom is -0.0906 e. The van der Waals surface area contributed by atoms with Crippen molar-refractivity contribution in [1.82, 2.24) is 0 Å². The van der Waals surface area contributed by atoms with Crippen LogP contribution in [0, 0.1) is 0 Å². The molecule has 0 nitrogen and oxygen atoms in total. The second kappa shape index (κ2) is 15.4. The van der Waals surface area contributed by atoms with E-state index >= 15 is 0 Å². The third-order valence-electron chi connectivity index (χ3n) is 12.3. The molecule has 11 rings (SSSR count). The third-order valence-corrected chi connectivity index (χ3v) is 12.3. The normalized spacial score (nSPS) is 13.8. The van der Waals surface area contributed by atoms with E-state index in [4.69, 9.17) is 6.58 Å². The lowest BCUT2D eigenvalue weighted by Crippen LogP contribution is -1.94. The number of hydrogen-bond donors (Lipinski definition) is 0. The van der Waals surface area contributed by atoms with Crippen molar-refractivity contribution in [1.29, 1.82) is 0 Å². The van der Waals surface area contributed by atoms with E-state index in [2.05, 4.69) is 237 Å². The number of hydrogen-bond acceptors (Lipinski definition) is 0. The Labute approximate surface area is 358 Å².